The van der Waals surface area contributed by atoms with Crippen molar-refractivity contribution in [1.82, 2.24) is 10.2 Å². The van der Waals surface area contributed by atoms with Crippen LogP contribution in [0.5, 0.6) is 0 Å². The van der Waals surface area contributed by atoms with Crippen molar-refractivity contribution in [3.05, 3.63) is 24.2 Å². The molecular weight excluding hydrogens is 260 g/mol. The lowest BCUT2D eigenvalue weighted by molar-refractivity contribution is -0.147. The van der Waals surface area contributed by atoms with Gasteiger partial charge in [0.1, 0.15) is 11.3 Å². The maximum atomic E-state index is 12.2. The van der Waals surface area contributed by atoms with Gasteiger partial charge in [-0.3, -0.25) is 0 Å². The molecule has 2 amide bonds. The van der Waals surface area contributed by atoms with Crippen LogP contribution in [0.1, 0.15) is 33.5 Å². The molecule has 0 aromatic carbocycles. The van der Waals surface area contributed by atoms with E-state index in [9.17, 15) is 14.7 Å². The highest BCUT2D eigenvalue weighted by atomic mass is 16.4. The minimum Gasteiger partial charge on any atom is -0.480 e. The monoisotopic (exact) mass is 282 g/mol. The molecule has 112 valence electrons. The Hall–Kier alpha value is -1.98. The Kier molecular flexibility index (Phi) is 5.19. The number of aliphatic carboxylic acids is 1. The van der Waals surface area contributed by atoms with Gasteiger partial charge >= 0.3 is 12.0 Å². The van der Waals surface area contributed by atoms with Crippen molar-refractivity contribution in [2.45, 2.75) is 45.7 Å². The minimum atomic E-state index is -1.25. The second-order valence-electron chi connectivity index (χ2n) is 5.24. The molecule has 1 aromatic heterocycles. The van der Waals surface area contributed by atoms with Crippen LogP contribution >= 0.6 is 0 Å². The molecule has 0 fully saturated rings. The van der Waals surface area contributed by atoms with E-state index in [0.717, 1.165) is 5.76 Å². The summed E-state index contributed by atoms with van der Waals surface area (Å²) in [5.41, 5.74) is -1.25. The lowest BCUT2D eigenvalue weighted by Crippen LogP contribution is -2.57. The van der Waals surface area contributed by atoms with Crippen molar-refractivity contribution < 1.29 is 19.1 Å². The van der Waals surface area contributed by atoms with E-state index in [0.29, 0.717) is 13.0 Å². The Morgan fingerprint density at radius 3 is 2.60 bits per heavy atom. The lowest BCUT2D eigenvalue weighted by Gasteiger charge is -2.35. The molecule has 0 bridgehead atoms. The first kappa shape index (κ1) is 16.1. The lowest BCUT2D eigenvalue weighted by atomic mass is 10.0. The summed E-state index contributed by atoms with van der Waals surface area (Å²) in [6, 6.07) is 3.09. The first-order chi connectivity index (χ1) is 9.28. The predicted molar refractivity (Wildman–Crippen MR) is 74.5 cm³/mol. The molecule has 1 aromatic rings. The van der Waals surface area contributed by atoms with Gasteiger partial charge in [-0.25, -0.2) is 9.59 Å². The third-order valence-electron chi connectivity index (χ3n) is 3.22. The first-order valence-electron chi connectivity index (χ1n) is 6.63. The summed E-state index contributed by atoms with van der Waals surface area (Å²) in [6.07, 6.45) is 2.14. The Balaban J connectivity index is 2.66. The average molecular weight is 282 g/mol. The van der Waals surface area contributed by atoms with Gasteiger partial charge in [0.25, 0.3) is 0 Å². The number of nitrogens with one attached hydrogen (secondary N) is 1. The van der Waals surface area contributed by atoms with E-state index in [2.05, 4.69) is 5.32 Å². The summed E-state index contributed by atoms with van der Waals surface area (Å²) in [5.74, 6) is -0.258. The smallest absolute Gasteiger partial charge is 0.329 e. The molecule has 1 unspecified atom stereocenters. The Labute approximate surface area is 118 Å². The van der Waals surface area contributed by atoms with Crippen molar-refractivity contribution in [2.24, 2.45) is 0 Å². The van der Waals surface area contributed by atoms with Crippen molar-refractivity contribution in [3.8, 4) is 0 Å². The van der Waals surface area contributed by atoms with Crippen LogP contribution < -0.4 is 5.32 Å². The number of carboxylic acid groups (broad SMARTS) is 1. The summed E-state index contributed by atoms with van der Waals surface area (Å²) in [4.78, 5) is 24.7. The normalized spacial score (nSPS) is 12.8. The number of furan rings is 1. The van der Waals surface area contributed by atoms with Gasteiger partial charge in [0, 0.05) is 19.0 Å². The SMILES string of the molecule is CCN(C(=O)NC(C)Cc1ccco1)C(C)(C)C(=O)O. The van der Waals surface area contributed by atoms with Crippen LogP contribution in [0.25, 0.3) is 0 Å². The number of rotatable bonds is 6. The van der Waals surface area contributed by atoms with Crippen LogP contribution in [0.4, 0.5) is 4.79 Å². The van der Waals surface area contributed by atoms with E-state index < -0.39 is 11.5 Å². The molecule has 2 N–H and O–H groups in total. The Bertz CT molecular complexity index is 454. The van der Waals surface area contributed by atoms with E-state index in [1.807, 2.05) is 13.0 Å². The topological polar surface area (TPSA) is 82.8 Å². The van der Waals surface area contributed by atoms with Gasteiger partial charge in [0.05, 0.1) is 6.26 Å². The number of urea groups is 1. The number of carbonyl (C=O) groups is 2. The van der Waals surface area contributed by atoms with E-state index in [4.69, 9.17) is 4.42 Å². The highest BCUT2D eigenvalue weighted by Gasteiger charge is 2.37. The van der Waals surface area contributed by atoms with E-state index in [-0.39, 0.29) is 12.1 Å². The summed E-state index contributed by atoms with van der Waals surface area (Å²) in [5, 5.41) is 12.0. The number of hydrogen-bond acceptors (Lipinski definition) is 3. The first-order valence-corrected chi connectivity index (χ1v) is 6.63. The van der Waals surface area contributed by atoms with Gasteiger partial charge in [-0.2, -0.15) is 0 Å². The van der Waals surface area contributed by atoms with Crippen LogP contribution in [0.3, 0.4) is 0 Å². The fourth-order valence-corrected chi connectivity index (χ4v) is 1.98. The van der Waals surface area contributed by atoms with Crippen molar-refractivity contribution in [2.75, 3.05) is 6.54 Å². The summed E-state index contributed by atoms with van der Waals surface area (Å²) in [6.45, 7) is 6.94. The second kappa shape index (κ2) is 6.45. The zero-order valence-corrected chi connectivity index (χ0v) is 12.3. The summed E-state index contributed by atoms with van der Waals surface area (Å²) >= 11 is 0. The third-order valence-corrected chi connectivity index (χ3v) is 3.22. The number of hydrogen-bond donors (Lipinski definition) is 2. The van der Waals surface area contributed by atoms with Gasteiger partial charge < -0.3 is 19.7 Å². The molecule has 20 heavy (non-hydrogen) atoms. The molecule has 0 saturated heterocycles. The number of carbonyl (C=O) groups excluding carboxylic acids is 1. The summed E-state index contributed by atoms with van der Waals surface area (Å²) in [7, 11) is 0. The number of likely N-dealkylation sites (N-methyl/N-ethyl adjacent to an activating group) is 1. The van der Waals surface area contributed by atoms with Crippen molar-refractivity contribution in [3.63, 3.8) is 0 Å². The fourth-order valence-electron chi connectivity index (χ4n) is 1.98. The van der Waals surface area contributed by atoms with Crippen LogP contribution in [-0.4, -0.2) is 40.1 Å². The molecule has 0 aliphatic heterocycles. The van der Waals surface area contributed by atoms with E-state index >= 15 is 0 Å². The van der Waals surface area contributed by atoms with Gasteiger partial charge in [0.2, 0.25) is 0 Å². The molecule has 1 rings (SSSR count). The van der Waals surface area contributed by atoms with Gasteiger partial charge in [0.15, 0.2) is 0 Å². The van der Waals surface area contributed by atoms with E-state index in [1.54, 1.807) is 19.3 Å². The molecule has 0 radical (unpaired) electrons. The number of amides is 2. The molecular formula is C14H22N2O4. The maximum Gasteiger partial charge on any atom is 0.329 e. The van der Waals surface area contributed by atoms with Crippen LogP contribution in [-0.2, 0) is 11.2 Å². The molecule has 6 heteroatoms. The highest BCUT2D eigenvalue weighted by molar-refractivity contribution is 5.85. The zero-order valence-electron chi connectivity index (χ0n) is 12.3. The average Bonchev–Trinajstić information content (AvgIpc) is 2.81. The molecule has 0 aliphatic carbocycles. The standard InChI is InChI=1S/C14H22N2O4/c1-5-16(14(3,4)12(17)18)13(19)15-10(2)9-11-7-6-8-20-11/h6-8,10H,5,9H2,1-4H3,(H,15,19)(H,17,18). The molecule has 0 aliphatic rings. The van der Waals surface area contributed by atoms with Gasteiger partial charge in [-0.15, -0.1) is 0 Å². The second-order valence-corrected chi connectivity index (χ2v) is 5.24. The van der Waals surface area contributed by atoms with Crippen LogP contribution in [0.15, 0.2) is 22.8 Å². The molecule has 0 spiro atoms. The third kappa shape index (κ3) is 3.76. The highest BCUT2D eigenvalue weighted by Crippen LogP contribution is 2.15. The zero-order chi connectivity index (χ0) is 15.3. The molecule has 1 atom stereocenters. The number of carboxylic acids is 1. The van der Waals surface area contributed by atoms with Crippen molar-refractivity contribution >= 4 is 12.0 Å². The fraction of sp³-hybridized carbons (Fsp3) is 0.571. The van der Waals surface area contributed by atoms with Gasteiger partial charge in [-0.1, -0.05) is 0 Å². The van der Waals surface area contributed by atoms with Gasteiger partial charge in [-0.05, 0) is 39.8 Å². The molecule has 1 heterocycles. The largest absolute Gasteiger partial charge is 0.480 e. The van der Waals surface area contributed by atoms with Crippen LogP contribution in [0, 0.1) is 0 Å². The Morgan fingerprint density at radius 2 is 2.15 bits per heavy atom. The number of nitrogens with zero attached hydrogens (tertiary/aromatic N) is 1. The van der Waals surface area contributed by atoms with E-state index in [1.165, 1.54) is 18.7 Å². The maximum absolute atomic E-state index is 12.2. The minimum absolute atomic E-state index is 0.146. The van der Waals surface area contributed by atoms with Crippen molar-refractivity contribution in [1.29, 1.82) is 0 Å². The summed E-state index contributed by atoms with van der Waals surface area (Å²) < 4.78 is 5.22. The van der Waals surface area contributed by atoms with Crippen LogP contribution in [0.2, 0.25) is 0 Å². The molecule has 6 nitrogen and oxygen atoms in total. The predicted octanol–water partition coefficient (Wildman–Crippen LogP) is 2.11. The molecule has 0 saturated carbocycles. The Morgan fingerprint density at radius 1 is 1.50 bits per heavy atom. The quantitative estimate of drug-likeness (QED) is 0.837.